The van der Waals surface area contributed by atoms with Crippen LogP contribution >= 0.6 is 0 Å². The molecule has 0 spiro atoms. The zero-order valence-electron chi connectivity index (χ0n) is 10.6. The first-order chi connectivity index (χ1) is 9.11. The van der Waals surface area contributed by atoms with Gasteiger partial charge in [0, 0.05) is 23.2 Å². The van der Waals surface area contributed by atoms with Gasteiger partial charge in [-0.1, -0.05) is 12.1 Å². The van der Waals surface area contributed by atoms with Crippen LogP contribution in [-0.2, 0) is 4.79 Å². The Morgan fingerprint density at radius 3 is 2.58 bits per heavy atom. The molecule has 0 aliphatic heterocycles. The monoisotopic (exact) mass is 261 g/mol. The molecule has 2 aliphatic rings. The van der Waals surface area contributed by atoms with E-state index in [9.17, 15) is 14.9 Å². The van der Waals surface area contributed by atoms with Gasteiger partial charge in [0.1, 0.15) is 11.5 Å². The van der Waals surface area contributed by atoms with Crippen molar-refractivity contribution < 1.29 is 14.5 Å². The van der Waals surface area contributed by atoms with E-state index in [2.05, 4.69) is 0 Å². The number of rotatable bonds is 3. The Morgan fingerprint density at radius 2 is 2.00 bits per heavy atom. The number of ether oxygens (including phenoxy) is 1. The van der Waals surface area contributed by atoms with E-state index in [1.54, 1.807) is 19.2 Å². The molecule has 0 radical (unpaired) electrons. The smallest absolute Gasteiger partial charge is 0.223 e. The van der Waals surface area contributed by atoms with E-state index >= 15 is 0 Å². The van der Waals surface area contributed by atoms with Crippen molar-refractivity contribution in [1.82, 2.24) is 0 Å². The number of nitrogens with zero attached hydrogens (tertiary/aromatic N) is 1. The molecule has 0 amide bonds. The number of Topliss-reactive ketones (excluding diaryl/α,β-unsaturated/α-hetero) is 1. The third kappa shape index (κ3) is 1.80. The number of hydrogen-bond donors (Lipinski definition) is 0. The summed E-state index contributed by atoms with van der Waals surface area (Å²) in [7, 11) is 1.58. The maximum atomic E-state index is 11.9. The normalized spacial score (nSPS) is 32.6. The zero-order chi connectivity index (χ0) is 13.6. The van der Waals surface area contributed by atoms with Gasteiger partial charge in [0.15, 0.2) is 0 Å². The van der Waals surface area contributed by atoms with Gasteiger partial charge in [-0.05, 0) is 24.1 Å². The van der Waals surface area contributed by atoms with Gasteiger partial charge < -0.3 is 4.74 Å². The Labute approximate surface area is 110 Å². The quantitative estimate of drug-likeness (QED) is 0.616. The van der Waals surface area contributed by atoms with E-state index in [0.717, 1.165) is 11.3 Å². The van der Waals surface area contributed by atoms with Crippen molar-refractivity contribution in [2.45, 2.75) is 24.8 Å². The summed E-state index contributed by atoms with van der Waals surface area (Å²) in [5.41, 5.74) is 0.878. The first kappa shape index (κ1) is 12.1. The molecule has 100 valence electrons. The molecule has 0 aromatic heterocycles. The minimum absolute atomic E-state index is 0.0837. The van der Waals surface area contributed by atoms with E-state index < -0.39 is 6.04 Å². The van der Waals surface area contributed by atoms with Crippen LogP contribution in [0.4, 0.5) is 0 Å². The van der Waals surface area contributed by atoms with Gasteiger partial charge in [0.25, 0.3) is 0 Å². The lowest BCUT2D eigenvalue weighted by molar-refractivity contribution is -0.533. The van der Waals surface area contributed by atoms with Gasteiger partial charge >= 0.3 is 0 Å². The molecular weight excluding hydrogens is 246 g/mol. The predicted molar refractivity (Wildman–Crippen MR) is 67.7 cm³/mol. The summed E-state index contributed by atoms with van der Waals surface area (Å²) in [5, 5.41) is 11.3. The highest BCUT2D eigenvalue weighted by atomic mass is 16.6. The Kier molecular flexibility index (Phi) is 2.77. The standard InChI is InChI=1S/C14H15NO4/c1-19-10-4-2-8(3-5-10)13-11-6-9(7-12(11)16)14(13)15(17)18/h2-5,9,11,13-14H,6-7H2,1H3. The maximum absolute atomic E-state index is 11.9. The molecule has 1 aromatic rings. The summed E-state index contributed by atoms with van der Waals surface area (Å²) in [6.45, 7) is 0. The van der Waals surface area contributed by atoms with Gasteiger partial charge in [-0.15, -0.1) is 0 Å². The summed E-state index contributed by atoms with van der Waals surface area (Å²) in [6, 6.07) is 6.66. The molecule has 0 saturated heterocycles. The molecular formula is C14H15NO4. The molecule has 2 bridgehead atoms. The highest BCUT2D eigenvalue weighted by Crippen LogP contribution is 2.52. The highest BCUT2D eigenvalue weighted by Gasteiger charge is 2.58. The molecule has 0 N–H and O–H groups in total. The van der Waals surface area contributed by atoms with Crippen molar-refractivity contribution in [3.63, 3.8) is 0 Å². The van der Waals surface area contributed by atoms with Crippen LogP contribution in [0.2, 0.25) is 0 Å². The average Bonchev–Trinajstić information content (AvgIpc) is 2.95. The number of hydrogen-bond acceptors (Lipinski definition) is 4. The lowest BCUT2D eigenvalue weighted by atomic mass is 9.79. The number of benzene rings is 1. The molecule has 2 saturated carbocycles. The van der Waals surface area contributed by atoms with Crippen molar-refractivity contribution >= 4 is 5.78 Å². The van der Waals surface area contributed by atoms with Crippen molar-refractivity contribution in [1.29, 1.82) is 0 Å². The SMILES string of the molecule is COc1ccc(C2C3CC(CC3=O)C2[N+](=O)[O-])cc1. The van der Waals surface area contributed by atoms with Gasteiger partial charge in [0.05, 0.1) is 13.0 Å². The third-order valence-corrected chi connectivity index (χ3v) is 4.46. The molecule has 1 aromatic carbocycles. The predicted octanol–water partition coefficient (Wildman–Crippen LogP) is 2.03. The molecule has 4 atom stereocenters. The molecule has 2 aliphatic carbocycles. The van der Waals surface area contributed by atoms with Crippen LogP contribution in [0.3, 0.4) is 0 Å². The van der Waals surface area contributed by atoms with Gasteiger partial charge in [-0.2, -0.15) is 0 Å². The van der Waals surface area contributed by atoms with Crippen LogP contribution < -0.4 is 4.74 Å². The fourth-order valence-corrected chi connectivity index (χ4v) is 3.65. The number of ketones is 1. The lowest BCUT2D eigenvalue weighted by Gasteiger charge is -2.24. The Bertz CT molecular complexity index is 525. The largest absolute Gasteiger partial charge is 0.497 e. The van der Waals surface area contributed by atoms with Crippen molar-refractivity contribution in [2.75, 3.05) is 7.11 Å². The van der Waals surface area contributed by atoms with E-state index in [4.69, 9.17) is 4.74 Å². The van der Waals surface area contributed by atoms with Gasteiger partial charge in [-0.25, -0.2) is 0 Å². The zero-order valence-corrected chi connectivity index (χ0v) is 10.6. The van der Waals surface area contributed by atoms with Crippen molar-refractivity contribution in [3.05, 3.63) is 39.9 Å². The van der Waals surface area contributed by atoms with Crippen molar-refractivity contribution in [3.8, 4) is 5.75 Å². The summed E-state index contributed by atoms with van der Waals surface area (Å²) in [6.07, 6.45) is 1.05. The van der Waals surface area contributed by atoms with Crippen LogP contribution in [0.5, 0.6) is 5.75 Å². The average molecular weight is 261 g/mol. The number of carbonyl (C=O) groups is 1. The first-order valence-corrected chi connectivity index (χ1v) is 6.42. The van der Waals surface area contributed by atoms with E-state index in [0.29, 0.717) is 12.8 Å². The second-order valence-electron chi connectivity index (χ2n) is 5.35. The number of nitro groups is 1. The second-order valence-corrected chi connectivity index (χ2v) is 5.35. The van der Waals surface area contributed by atoms with Crippen LogP contribution in [-0.4, -0.2) is 23.9 Å². The molecule has 4 unspecified atom stereocenters. The summed E-state index contributed by atoms with van der Waals surface area (Å²) < 4.78 is 5.09. The van der Waals surface area contributed by atoms with Crippen LogP contribution in [0.15, 0.2) is 24.3 Å². The molecule has 19 heavy (non-hydrogen) atoms. The molecule has 2 fully saturated rings. The third-order valence-electron chi connectivity index (χ3n) is 4.46. The summed E-state index contributed by atoms with van der Waals surface area (Å²) in [4.78, 5) is 22.9. The first-order valence-electron chi connectivity index (χ1n) is 6.42. The van der Waals surface area contributed by atoms with E-state index in [-0.39, 0.29) is 28.5 Å². The van der Waals surface area contributed by atoms with Gasteiger partial charge in [-0.3, -0.25) is 14.9 Å². The fraction of sp³-hybridized carbons (Fsp3) is 0.500. The van der Waals surface area contributed by atoms with E-state index in [1.165, 1.54) is 0 Å². The number of methoxy groups -OCH3 is 1. The second kappa shape index (κ2) is 4.33. The van der Waals surface area contributed by atoms with Crippen molar-refractivity contribution in [2.24, 2.45) is 11.8 Å². The topological polar surface area (TPSA) is 69.4 Å². The molecule has 0 heterocycles. The van der Waals surface area contributed by atoms with Crippen LogP contribution in [0.25, 0.3) is 0 Å². The maximum Gasteiger partial charge on any atom is 0.223 e. The Balaban J connectivity index is 1.96. The van der Waals surface area contributed by atoms with Gasteiger partial charge in [0.2, 0.25) is 6.04 Å². The minimum Gasteiger partial charge on any atom is -0.497 e. The summed E-state index contributed by atoms with van der Waals surface area (Å²) >= 11 is 0. The Hall–Kier alpha value is -1.91. The van der Waals surface area contributed by atoms with E-state index in [1.807, 2.05) is 12.1 Å². The molecule has 5 heteroatoms. The molecule has 5 nitrogen and oxygen atoms in total. The van der Waals surface area contributed by atoms with Crippen LogP contribution in [0.1, 0.15) is 24.3 Å². The summed E-state index contributed by atoms with van der Waals surface area (Å²) in [5.74, 6) is 0.375. The fourth-order valence-electron chi connectivity index (χ4n) is 3.65. The number of carbonyl (C=O) groups excluding carboxylic acids is 1. The highest BCUT2D eigenvalue weighted by molar-refractivity contribution is 5.86. The van der Waals surface area contributed by atoms with Crippen LogP contribution in [0, 0.1) is 22.0 Å². The minimum atomic E-state index is -0.615. The molecule has 3 rings (SSSR count). The Morgan fingerprint density at radius 1 is 1.32 bits per heavy atom. The number of fused-ring (bicyclic) bond motifs is 2. The lowest BCUT2D eigenvalue weighted by Crippen LogP contribution is -2.36.